The van der Waals surface area contributed by atoms with Gasteiger partial charge < -0.3 is 10.1 Å². The van der Waals surface area contributed by atoms with E-state index >= 15 is 0 Å². The van der Waals surface area contributed by atoms with Crippen LogP contribution < -0.4 is 10.1 Å². The number of halogens is 1. The Balaban J connectivity index is 0.00000176. The third-order valence-electron chi connectivity index (χ3n) is 3.64. The molecular weight excluding hydrogens is 308 g/mol. The number of nitrogens with one attached hydrogen (secondary N) is 1. The van der Waals surface area contributed by atoms with Crippen LogP contribution in [0.15, 0.2) is 24.4 Å². The van der Waals surface area contributed by atoms with E-state index in [0.29, 0.717) is 29.4 Å². The fraction of sp³-hybridized carbons (Fsp3) is 0.429. The molecule has 118 valence electrons. The van der Waals surface area contributed by atoms with E-state index < -0.39 is 4.92 Å². The maximum Gasteiger partial charge on any atom is 0.271 e. The highest BCUT2D eigenvalue weighted by molar-refractivity contribution is 5.85. The van der Waals surface area contributed by atoms with Crippen LogP contribution in [0, 0.1) is 16.0 Å². The molecule has 0 unspecified atom stereocenters. The van der Waals surface area contributed by atoms with Gasteiger partial charge in [-0.2, -0.15) is 0 Å². The molecule has 1 aliphatic heterocycles. The third kappa shape index (κ3) is 3.80. The van der Waals surface area contributed by atoms with Gasteiger partial charge in [-0.15, -0.1) is 12.4 Å². The number of ether oxygens (including phenoxy) is 1. The van der Waals surface area contributed by atoms with Crippen molar-refractivity contribution in [2.75, 3.05) is 19.7 Å². The van der Waals surface area contributed by atoms with E-state index in [2.05, 4.69) is 15.3 Å². The molecular formula is C14H17ClN4O3. The Morgan fingerprint density at radius 1 is 1.32 bits per heavy atom. The molecule has 0 amide bonds. The van der Waals surface area contributed by atoms with Gasteiger partial charge in [-0.1, -0.05) is 0 Å². The highest BCUT2D eigenvalue weighted by atomic mass is 35.5. The number of aromatic nitrogens is 2. The molecule has 2 heterocycles. The zero-order valence-corrected chi connectivity index (χ0v) is 12.7. The number of nitrogens with zero attached hydrogens (tertiary/aromatic N) is 3. The summed E-state index contributed by atoms with van der Waals surface area (Å²) in [5.74, 6) is 1.01. The highest BCUT2D eigenvalue weighted by Gasteiger charge is 2.14. The van der Waals surface area contributed by atoms with Crippen LogP contribution in [-0.2, 0) is 0 Å². The molecule has 1 aromatic carbocycles. The molecule has 3 rings (SSSR count). The topological polar surface area (TPSA) is 90.2 Å². The van der Waals surface area contributed by atoms with Crippen molar-refractivity contribution in [2.45, 2.75) is 12.8 Å². The summed E-state index contributed by atoms with van der Waals surface area (Å²) in [7, 11) is 0. The minimum Gasteiger partial charge on any atom is -0.476 e. The van der Waals surface area contributed by atoms with E-state index in [-0.39, 0.29) is 18.1 Å². The fourth-order valence-electron chi connectivity index (χ4n) is 2.42. The van der Waals surface area contributed by atoms with Crippen molar-refractivity contribution in [3.8, 4) is 5.88 Å². The molecule has 1 aromatic heterocycles. The van der Waals surface area contributed by atoms with E-state index in [1.54, 1.807) is 6.07 Å². The van der Waals surface area contributed by atoms with Crippen LogP contribution in [0.5, 0.6) is 5.88 Å². The summed E-state index contributed by atoms with van der Waals surface area (Å²) in [5, 5.41) is 14.0. The van der Waals surface area contributed by atoms with E-state index in [9.17, 15) is 10.1 Å². The molecule has 0 radical (unpaired) electrons. The predicted octanol–water partition coefficient (Wildman–Crippen LogP) is 2.34. The van der Waals surface area contributed by atoms with Gasteiger partial charge in [0.2, 0.25) is 5.88 Å². The van der Waals surface area contributed by atoms with Crippen molar-refractivity contribution in [1.29, 1.82) is 0 Å². The summed E-state index contributed by atoms with van der Waals surface area (Å²) in [6.07, 6.45) is 3.73. The van der Waals surface area contributed by atoms with Crippen molar-refractivity contribution < 1.29 is 9.66 Å². The second-order valence-corrected chi connectivity index (χ2v) is 5.14. The van der Waals surface area contributed by atoms with Crippen molar-refractivity contribution >= 4 is 29.1 Å². The molecule has 7 nitrogen and oxygen atoms in total. The standard InChI is InChI=1S/C14H16N4O3.ClH/c19-18(20)11-1-2-12-13(7-11)16-8-14(17-12)21-9-10-3-5-15-6-4-10;/h1-2,7-8,10,15H,3-6,9H2;1H. The molecule has 1 saturated heterocycles. The second-order valence-electron chi connectivity index (χ2n) is 5.14. The molecule has 8 heteroatoms. The Labute approximate surface area is 133 Å². The molecule has 0 aliphatic carbocycles. The monoisotopic (exact) mass is 324 g/mol. The minimum atomic E-state index is -0.442. The summed E-state index contributed by atoms with van der Waals surface area (Å²) in [6.45, 7) is 2.69. The minimum absolute atomic E-state index is 0. The quantitative estimate of drug-likeness (QED) is 0.685. The summed E-state index contributed by atoms with van der Waals surface area (Å²) in [5.41, 5.74) is 1.11. The van der Waals surface area contributed by atoms with Crippen LogP contribution in [0.3, 0.4) is 0 Å². The Morgan fingerprint density at radius 3 is 2.82 bits per heavy atom. The van der Waals surface area contributed by atoms with Crippen molar-refractivity contribution in [1.82, 2.24) is 15.3 Å². The first-order valence-electron chi connectivity index (χ1n) is 6.97. The zero-order valence-electron chi connectivity index (χ0n) is 11.9. The predicted molar refractivity (Wildman–Crippen MR) is 84.5 cm³/mol. The number of piperidine rings is 1. The largest absolute Gasteiger partial charge is 0.476 e. The molecule has 0 spiro atoms. The summed E-state index contributed by atoms with van der Waals surface area (Å²) in [6, 6.07) is 4.43. The number of non-ortho nitro benzene ring substituents is 1. The lowest BCUT2D eigenvalue weighted by atomic mass is 9.99. The molecule has 2 aromatic rings. The SMILES string of the molecule is Cl.O=[N+]([O-])c1ccc2nc(OCC3CCNCC3)cnc2c1. The van der Waals surface area contributed by atoms with Gasteiger partial charge in [0.05, 0.1) is 28.8 Å². The lowest BCUT2D eigenvalue weighted by Crippen LogP contribution is -2.30. The molecule has 0 saturated carbocycles. The maximum absolute atomic E-state index is 10.7. The Hall–Kier alpha value is -1.99. The molecule has 22 heavy (non-hydrogen) atoms. The average molecular weight is 325 g/mol. The first-order valence-corrected chi connectivity index (χ1v) is 6.97. The van der Waals surface area contributed by atoms with Crippen LogP contribution in [0.25, 0.3) is 11.0 Å². The van der Waals surface area contributed by atoms with Gasteiger partial charge in [0.25, 0.3) is 5.69 Å². The second kappa shape index (κ2) is 7.33. The van der Waals surface area contributed by atoms with Crippen molar-refractivity contribution in [2.24, 2.45) is 5.92 Å². The average Bonchev–Trinajstić information content (AvgIpc) is 2.53. The van der Waals surface area contributed by atoms with E-state index in [0.717, 1.165) is 25.9 Å². The zero-order chi connectivity index (χ0) is 14.7. The van der Waals surface area contributed by atoms with Gasteiger partial charge in [0.1, 0.15) is 0 Å². The fourth-order valence-corrected chi connectivity index (χ4v) is 2.42. The summed E-state index contributed by atoms with van der Waals surface area (Å²) >= 11 is 0. The van der Waals surface area contributed by atoms with Crippen LogP contribution >= 0.6 is 12.4 Å². The van der Waals surface area contributed by atoms with E-state index in [4.69, 9.17) is 4.74 Å². The Morgan fingerprint density at radius 2 is 2.09 bits per heavy atom. The first kappa shape index (κ1) is 16.4. The number of nitro benzene ring substituents is 1. The third-order valence-corrected chi connectivity index (χ3v) is 3.64. The molecule has 0 atom stereocenters. The molecule has 1 aliphatic rings. The van der Waals surface area contributed by atoms with Gasteiger partial charge in [0.15, 0.2) is 0 Å². The molecule has 1 fully saturated rings. The lowest BCUT2D eigenvalue weighted by Gasteiger charge is -2.22. The van der Waals surface area contributed by atoms with Gasteiger partial charge in [-0.05, 0) is 37.9 Å². The number of fused-ring (bicyclic) bond motifs is 1. The number of benzene rings is 1. The summed E-state index contributed by atoms with van der Waals surface area (Å²) < 4.78 is 5.70. The van der Waals surface area contributed by atoms with Crippen LogP contribution in [0.1, 0.15) is 12.8 Å². The number of hydrogen-bond donors (Lipinski definition) is 1. The van der Waals surface area contributed by atoms with Crippen molar-refractivity contribution in [3.63, 3.8) is 0 Å². The normalized spacial score (nSPS) is 15.3. The Bertz CT molecular complexity index is 662. The van der Waals surface area contributed by atoms with Gasteiger partial charge >= 0.3 is 0 Å². The van der Waals surface area contributed by atoms with E-state index in [1.807, 2.05) is 0 Å². The van der Waals surface area contributed by atoms with Gasteiger partial charge in [-0.3, -0.25) is 10.1 Å². The maximum atomic E-state index is 10.7. The lowest BCUT2D eigenvalue weighted by molar-refractivity contribution is -0.384. The number of nitro groups is 1. The molecule has 1 N–H and O–H groups in total. The van der Waals surface area contributed by atoms with Crippen LogP contribution in [-0.4, -0.2) is 34.6 Å². The van der Waals surface area contributed by atoms with Crippen LogP contribution in [0.2, 0.25) is 0 Å². The smallest absolute Gasteiger partial charge is 0.271 e. The van der Waals surface area contributed by atoms with Gasteiger partial charge in [0, 0.05) is 12.1 Å². The Kier molecular flexibility index (Phi) is 5.46. The van der Waals surface area contributed by atoms with Crippen LogP contribution in [0.4, 0.5) is 5.69 Å². The number of rotatable bonds is 4. The summed E-state index contributed by atoms with van der Waals surface area (Å²) in [4.78, 5) is 18.8. The number of hydrogen-bond acceptors (Lipinski definition) is 6. The first-order chi connectivity index (χ1) is 10.2. The highest BCUT2D eigenvalue weighted by Crippen LogP contribution is 2.20. The van der Waals surface area contributed by atoms with E-state index in [1.165, 1.54) is 18.3 Å². The molecule has 0 bridgehead atoms. The van der Waals surface area contributed by atoms with Crippen molar-refractivity contribution in [3.05, 3.63) is 34.5 Å². The van der Waals surface area contributed by atoms with Gasteiger partial charge in [-0.25, -0.2) is 9.97 Å².